The fourth-order valence-corrected chi connectivity index (χ4v) is 1.29. The van der Waals surface area contributed by atoms with Crippen molar-refractivity contribution < 1.29 is 19.4 Å². The summed E-state index contributed by atoms with van der Waals surface area (Å²) in [6, 6.07) is -1.39. The van der Waals surface area contributed by atoms with E-state index in [9.17, 15) is 9.59 Å². The van der Waals surface area contributed by atoms with Gasteiger partial charge in [0.1, 0.15) is 6.04 Å². The van der Waals surface area contributed by atoms with Gasteiger partial charge in [0.2, 0.25) is 0 Å². The van der Waals surface area contributed by atoms with Gasteiger partial charge >= 0.3 is 12.0 Å². The summed E-state index contributed by atoms with van der Waals surface area (Å²) < 4.78 is 4.89. The summed E-state index contributed by atoms with van der Waals surface area (Å²) in [5, 5.41) is 14.0. The maximum absolute atomic E-state index is 11.5. The molecule has 0 aliphatic heterocycles. The van der Waals surface area contributed by atoms with Crippen LogP contribution in [0.5, 0.6) is 0 Å². The number of hydrogen-bond acceptors (Lipinski definition) is 3. The quantitative estimate of drug-likeness (QED) is 0.620. The standard InChI is InChI=1S/C11H22N2O4/c1-7(2)9(10(14)15)13-11(16)12-8(3)5-6-17-4/h7-9H,5-6H2,1-4H3,(H,14,15)(H2,12,13,16). The molecule has 0 aliphatic rings. The monoisotopic (exact) mass is 246 g/mol. The van der Waals surface area contributed by atoms with E-state index in [-0.39, 0.29) is 12.0 Å². The van der Waals surface area contributed by atoms with Crippen LogP contribution in [0.15, 0.2) is 0 Å². The van der Waals surface area contributed by atoms with E-state index in [2.05, 4.69) is 10.6 Å². The van der Waals surface area contributed by atoms with E-state index in [0.29, 0.717) is 13.0 Å². The first-order valence-electron chi connectivity index (χ1n) is 5.67. The molecule has 0 aromatic rings. The van der Waals surface area contributed by atoms with Crippen LogP contribution in [0.25, 0.3) is 0 Å². The Balaban J connectivity index is 4.10. The van der Waals surface area contributed by atoms with Gasteiger partial charge in [-0.05, 0) is 19.3 Å². The van der Waals surface area contributed by atoms with Gasteiger partial charge in [0.25, 0.3) is 0 Å². The van der Waals surface area contributed by atoms with E-state index in [1.165, 1.54) is 0 Å². The number of amides is 2. The van der Waals surface area contributed by atoms with Gasteiger partial charge in [-0.2, -0.15) is 0 Å². The highest BCUT2D eigenvalue weighted by molar-refractivity contribution is 5.82. The van der Waals surface area contributed by atoms with Crippen LogP contribution in [0.1, 0.15) is 27.2 Å². The number of carboxylic acid groups (broad SMARTS) is 1. The molecule has 0 heterocycles. The number of aliphatic carboxylic acids is 1. The third-order valence-corrected chi connectivity index (χ3v) is 2.35. The van der Waals surface area contributed by atoms with E-state index in [1.807, 2.05) is 6.92 Å². The molecule has 100 valence electrons. The Labute approximate surface area is 102 Å². The Kier molecular flexibility index (Phi) is 7.29. The highest BCUT2D eigenvalue weighted by Gasteiger charge is 2.23. The fourth-order valence-electron chi connectivity index (χ4n) is 1.29. The van der Waals surface area contributed by atoms with Crippen LogP contribution < -0.4 is 10.6 Å². The smallest absolute Gasteiger partial charge is 0.326 e. The lowest BCUT2D eigenvalue weighted by Gasteiger charge is -2.20. The molecule has 6 nitrogen and oxygen atoms in total. The van der Waals surface area contributed by atoms with Crippen molar-refractivity contribution in [2.24, 2.45) is 5.92 Å². The van der Waals surface area contributed by atoms with Crippen molar-refractivity contribution in [3.63, 3.8) is 0 Å². The van der Waals surface area contributed by atoms with Crippen LogP contribution in [0.3, 0.4) is 0 Å². The van der Waals surface area contributed by atoms with E-state index < -0.39 is 18.0 Å². The SMILES string of the molecule is COCCC(C)NC(=O)NC(C(=O)O)C(C)C. The molecular weight excluding hydrogens is 224 g/mol. The Morgan fingerprint density at radius 2 is 1.82 bits per heavy atom. The maximum Gasteiger partial charge on any atom is 0.326 e. The first-order chi connectivity index (χ1) is 7.88. The molecular formula is C11H22N2O4. The summed E-state index contributed by atoms with van der Waals surface area (Å²) in [4.78, 5) is 22.4. The second-order valence-electron chi connectivity index (χ2n) is 4.36. The molecule has 2 atom stereocenters. The summed E-state index contributed by atoms with van der Waals surface area (Å²) in [5.74, 6) is -1.19. The number of carboxylic acids is 1. The zero-order valence-electron chi connectivity index (χ0n) is 10.8. The van der Waals surface area contributed by atoms with Gasteiger partial charge in [0, 0.05) is 19.8 Å². The van der Waals surface area contributed by atoms with Crippen LogP contribution in [0, 0.1) is 5.92 Å². The van der Waals surface area contributed by atoms with Crippen molar-refractivity contribution in [1.82, 2.24) is 10.6 Å². The van der Waals surface area contributed by atoms with Gasteiger partial charge in [0.15, 0.2) is 0 Å². The number of carbonyl (C=O) groups is 2. The van der Waals surface area contributed by atoms with Gasteiger partial charge < -0.3 is 20.5 Å². The van der Waals surface area contributed by atoms with Crippen LogP contribution in [0.2, 0.25) is 0 Å². The number of nitrogens with one attached hydrogen (secondary N) is 2. The minimum Gasteiger partial charge on any atom is -0.480 e. The molecule has 0 aromatic heterocycles. The predicted molar refractivity (Wildman–Crippen MR) is 63.9 cm³/mol. The van der Waals surface area contributed by atoms with Gasteiger partial charge in [0.05, 0.1) is 0 Å². The third kappa shape index (κ3) is 6.78. The van der Waals surface area contributed by atoms with Crippen LogP contribution >= 0.6 is 0 Å². The van der Waals surface area contributed by atoms with Gasteiger partial charge in [-0.25, -0.2) is 9.59 Å². The highest BCUT2D eigenvalue weighted by atomic mass is 16.5. The predicted octanol–water partition coefficient (Wildman–Crippen LogP) is 0.820. The zero-order valence-corrected chi connectivity index (χ0v) is 10.8. The van der Waals surface area contributed by atoms with E-state index in [4.69, 9.17) is 9.84 Å². The minimum atomic E-state index is -1.03. The number of methoxy groups -OCH3 is 1. The van der Waals surface area contributed by atoms with Crippen LogP contribution in [-0.2, 0) is 9.53 Å². The zero-order chi connectivity index (χ0) is 13.4. The van der Waals surface area contributed by atoms with Crippen molar-refractivity contribution in [2.75, 3.05) is 13.7 Å². The molecule has 2 amide bonds. The normalized spacial score (nSPS) is 14.2. The molecule has 3 N–H and O–H groups in total. The summed E-state index contributed by atoms with van der Waals surface area (Å²) in [6.45, 7) is 5.87. The van der Waals surface area contributed by atoms with Crippen LogP contribution in [0.4, 0.5) is 4.79 Å². The minimum absolute atomic E-state index is 0.0587. The topological polar surface area (TPSA) is 87.7 Å². The van der Waals surface area contributed by atoms with Gasteiger partial charge in [-0.3, -0.25) is 0 Å². The molecule has 2 unspecified atom stereocenters. The Morgan fingerprint density at radius 3 is 2.24 bits per heavy atom. The number of hydrogen-bond donors (Lipinski definition) is 3. The van der Waals surface area contributed by atoms with Crippen molar-refractivity contribution in [3.8, 4) is 0 Å². The van der Waals surface area contributed by atoms with Crippen molar-refractivity contribution in [2.45, 2.75) is 39.3 Å². The van der Waals surface area contributed by atoms with E-state index >= 15 is 0 Å². The third-order valence-electron chi connectivity index (χ3n) is 2.35. The number of ether oxygens (including phenoxy) is 1. The Bertz CT molecular complexity index is 256. The van der Waals surface area contributed by atoms with Crippen molar-refractivity contribution in [3.05, 3.63) is 0 Å². The fraction of sp³-hybridized carbons (Fsp3) is 0.818. The average Bonchev–Trinajstić information content (AvgIpc) is 2.22. The lowest BCUT2D eigenvalue weighted by Crippen LogP contribution is -2.50. The van der Waals surface area contributed by atoms with Crippen molar-refractivity contribution >= 4 is 12.0 Å². The second-order valence-corrected chi connectivity index (χ2v) is 4.36. The Hall–Kier alpha value is -1.30. The summed E-state index contributed by atoms with van der Waals surface area (Å²) >= 11 is 0. The lowest BCUT2D eigenvalue weighted by atomic mass is 10.1. The van der Waals surface area contributed by atoms with E-state index in [0.717, 1.165) is 0 Å². The molecule has 0 aliphatic carbocycles. The first kappa shape index (κ1) is 15.7. The molecule has 0 aromatic carbocycles. The highest BCUT2D eigenvalue weighted by Crippen LogP contribution is 2.01. The molecule has 0 saturated heterocycles. The molecule has 0 radical (unpaired) electrons. The number of urea groups is 1. The molecule has 0 spiro atoms. The average molecular weight is 246 g/mol. The molecule has 0 bridgehead atoms. The molecule has 6 heteroatoms. The largest absolute Gasteiger partial charge is 0.480 e. The maximum atomic E-state index is 11.5. The summed E-state index contributed by atoms with van der Waals surface area (Å²) in [6.07, 6.45) is 0.684. The molecule has 0 saturated carbocycles. The molecule has 0 rings (SSSR count). The summed E-state index contributed by atoms with van der Waals surface area (Å²) in [5.41, 5.74) is 0. The second kappa shape index (κ2) is 7.89. The van der Waals surface area contributed by atoms with Crippen molar-refractivity contribution in [1.29, 1.82) is 0 Å². The number of carbonyl (C=O) groups excluding carboxylic acids is 1. The molecule has 17 heavy (non-hydrogen) atoms. The van der Waals surface area contributed by atoms with E-state index in [1.54, 1.807) is 21.0 Å². The van der Waals surface area contributed by atoms with Gasteiger partial charge in [-0.1, -0.05) is 13.8 Å². The van der Waals surface area contributed by atoms with Crippen LogP contribution in [-0.4, -0.2) is 42.9 Å². The number of rotatable bonds is 7. The molecule has 0 fully saturated rings. The lowest BCUT2D eigenvalue weighted by molar-refractivity contribution is -0.140. The summed E-state index contributed by atoms with van der Waals surface area (Å²) in [7, 11) is 1.59. The Morgan fingerprint density at radius 1 is 1.24 bits per heavy atom. The first-order valence-corrected chi connectivity index (χ1v) is 5.67. The van der Waals surface area contributed by atoms with Gasteiger partial charge in [-0.15, -0.1) is 0 Å².